The molecule has 2 fully saturated rings. The monoisotopic (exact) mass is 927 g/mol. The van der Waals surface area contributed by atoms with Gasteiger partial charge in [-0.05, 0) is 18.8 Å². The third-order valence-corrected chi connectivity index (χ3v) is 12.5. The summed E-state index contributed by atoms with van der Waals surface area (Å²) in [5.74, 6) is 6.00. The van der Waals surface area contributed by atoms with Gasteiger partial charge in [-0.25, -0.2) is 29.9 Å². The lowest BCUT2D eigenvalue weighted by Gasteiger charge is -2.17. The van der Waals surface area contributed by atoms with Gasteiger partial charge in [0.05, 0.1) is 31.9 Å². The minimum atomic E-state index is -1.24. The van der Waals surface area contributed by atoms with Crippen LogP contribution in [0.1, 0.15) is 95.3 Å². The number of anilines is 2. The van der Waals surface area contributed by atoms with Crippen LogP contribution in [0, 0.1) is 11.8 Å². The summed E-state index contributed by atoms with van der Waals surface area (Å²) >= 11 is 3.24. The van der Waals surface area contributed by atoms with Crippen LogP contribution in [0.15, 0.2) is 23.4 Å². The fraction of sp³-hybridized carbons (Fsp3) is 0.632. The predicted molar refractivity (Wildman–Crippen MR) is 237 cm³/mol. The van der Waals surface area contributed by atoms with Crippen molar-refractivity contribution >= 4 is 57.9 Å². The Morgan fingerprint density at radius 3 is 1.67 bits per heavy atom. The van der Waals surface area contributed by atoms with Crippen molar-refractivity contribution in [2.75, 3.05) is 36.2 Å². The van der Waals surface area contributed by atoms with E-state index in [0.717, 1.165) is 11.5 Å². The first kappa shape index (κ1) is 47.3. The molecule has 2 saturated heterocycles. The van der Waals surface area contributed by atoms with Gasteiger partial charge in [0.2, 0.25) is 11.7 Å². The van der Waals surface area contributed by atoms with Crippen molar-refractivity contribution in [1.82, 2.24) is 73.6 Å². The third-order valence-electron chi connectivity index (χ3n) is 10.1. The molecule has 2 aliphatic rings. The number of nitrogens with zero attached hydrogens (tertiary/aromatic N) is 13. The number of aliphatic hydroxyl groups is 4. The molecule has 0 aliphatic carbocycles. The van der Waals surface area contributed by atoms with E-state index in [9.17, 15) is 20.4 Å². The molecule has 0 spiro atoms. The van der Waals surface area contributed by atoms with Gasteiger partial charge in [0, 0.05) is 38.6 Å². The third kappa shape index (κ3) is 10.2. The standard InChI is InChI=1S/C19H29N9O3S.C19H28N8O4S/c1-5-27-7-11(25-26-27)16-14(29)15(30)19(31-16)28-9-21-13-17(20-4)23-12(24-18(13)28)6-22-32-8-10(2)3;1-5-11-25-17(26-31-11)15-13(28)14(29)19(30-15)27-8-21-12-16(20-4)23-10(24-18(12)27)6-22-32-7-9(2)3/h7,9-10,14-16,19,22,29-30H,5-6,8H2,1-4H3,(H,20,23,24);8-9,13-15,19,22,28-29H,5-7H2,1-4H3,(H,20,23,24)/t14-,15+,16+,19+;13-,14+,15-,19+/m00/s1. The molecular formula is C38H57N17O7S2. The quantitative estimate of drug-likeness (QED) is 0.0452. The molecule has 26 heteroatoms. The van der Waals surface area contributed by atoms with Gasteiger partial charge in [-0.1, -0.05) is 68.9 Å². The summed E-state index contributed by atoms with van der Waals surface area (Å²) < 4.78 is 28.5. The van der Waals surface area contributed by atoms with Crippen molar-refractivity contribution in [3.8, 4) is 0 Å². The molecule has 6 aromatic rings. The van der Waals surface area contributed by atoms with E-state index in [-0.39, 0.29) is 5.82 Å². The predicted octanol–water partition coefficient (Wildman–Crippen LogP) is 2.06. The largest absolute Gasteiger partial charge is 0.387 e. The van der Waals surface area contributed by atoms with Crippen LogP contribution in [0.4, 0.5) is 11.6 Å². The van der Waals surface area contributed by atoms with Gasteiger partial charge in [0.15, 0.2) is 52.5 Å². The highest BCUT2D eigenvalue weighted by molar-refractivity contribution is 7.97. The highest BCUT2D eigenvalue weighted by Crippen LogP contribution is 2.41. The van der Waals surface area contributed by atoms with Gasteiger partial charge in [-0.3, -0.25) is 23.3 Å². The minimum Gasteiger partial charge on any atom is -0.387 e. The van der Waals surface area contributed by atoms with Crippen LogP contribution in [-0.4, -0.2) is 135 Å². The van der Waals surface area contributed by atoms with Crippen LogP contribution < -0.4 is 20.1 Å². The van der Waals surface area contributed by atoms with E-state index in [0.29, 0.717) is 95.1 Å². The second-order valence-electron chi connectivity index (χ2n) is 15.9. The van der Waals surface area contributed by atoms with Crippen LogP contribution in [0.2, 0.25) is 0 Å². The SMILES string of the molecule is CCc1nc([C@H]2O[C@@H](n3cnc4c(NC)nc(CNSCC(C)C)nc43)[C@H](O)[C@@H]2O)no1.CCn1cc([C@H]2O[C@@H](n3cnc4c(NC)nc(CNSCC(C)C)nc43)[C@H](O)[C@@H]2O)nn1. The summed E-state index contributed by atoms with van der Waals surface area (Å²) in [6.07, 6.45) is -3.09. The Morgan fingerprint density at radius 2 is 1.22 bits per heavy atom. The van der Waals surface area contributed by atoms with Crippen LogP contribution in [0.5, 0.6) is 0 Å². The maximum absolute atomic E-state index is 10.8. The Morgan fingerprint density at radius 1 is 0.703 bits per heavy atom. The average molecular weight is 928 g/mol. The first-order valence-corrected chi connectivity index (χ1v) is 23.1. The van der Waals surface area contributed by atoms with Crippen molar-refractivity contribution in [3.63, 3.8) is 0 Å². The molecule has 24 nitrogen and oxygen atoms in total. The van der Waals surface area contributed by atoms with Crippen molar-refractivity contribution < 1.29 is 34.4 Å². The molecule has 0 unspecified atom stereocenters. The highest BCUT2D eigenvalue weighted by atomic mass is 32.2. The van der Waals surface area contributed by atoms with Crippen molar-refractivity contribution in [2.45, 2.75) is 117 Å². The number of rotatable bonds is 18. The molecule has 8 heterocycles. The first-order valence-electron chi connectivity index (χ1n) is 21.1. The number of fused-ring (bicyclic) bond motifs is 2. The average Bonchev–Trinajstić information content (AvgIpc) is 4.17. The summed E-state index contributed by atoms with van der Waals surface area (Å²) in [5, 5.41) is 60.7. The molecule has 348 valence electrons. The van der Waals surface area contributed by atoms with E-state index in [4.69, 9.17) is 14.0 Å². The van der Waals surface area contributed by atoms with E-state index in [1.54, 1.807) is 58.0 Å². The Hall–Kier alpha value is -4.64. The normalized spacial score (nSPS) is 23.5. The molecular weight excluding hydrogens is 871 g/mol. The second-order valence-corrected chi connectivity index (χ2v) is 17.8. The lowest BCUT2D eigenvalue weighted by atomic mass is 10.1. The number of hydrogen-bond acceptors (Lipinski definition) is 23. The van der Waals surface area contributed by atoms with Crippen LogP contribution in [-0.2, 0) is 35.5 Å². The smallest absolute Gasteiger partial charge is 0.226 e. The fourth-order valence-corrected chi connectivity index (χ4v) is 8.21. The summed E-state index contributed by atoms with van der Waals surface area (Å²) in [7, 11) is 3.52. The first-order chi connectivity index (χ1) is 30.8. The number of imidazole rings is 2. The van der Waals surface area contributed by atoms with E-state index in [1.807, 2.05) is 13.8 Å². The lowest BCUT2D eigenvalue weighted by Crippen LogP contribution is -2.29. The molecule has 0 amide bonds. The van der Waals surface area contributed by atoms with Crippen LogP contribution in [0.25, 0.3) is 22.3 Å². The molecule has 0 aromatic carbocycles. The lowest BCUT2D eigenvalue weighted by molar-refractivity contribution is -0.0388. The molecule has 2 aliphatic heterocycles. The van der Waals surface area contributed by atoms with Gasteiger partial charge in [0.25, 0.3) is 0 Å². The summed E-state index contributed by atoms with van der Waals surface area (Å²) in [4.78, 5) is 31.4. The fourth-order valence-electron chi connectivity index (χ4n) is 6.85. The van der Waals surface area contributed by atoms with Crippen molar-refractivity contribution in [3.05, 3.63) is 47.9 Å². The van der Waals surface area contributed by atoms with Crippen LogP contribution >= 0.6 is 23.9 Å². The number of aromatic nitrogens is 13. The number of hydrogen-bond donors (Lipinski definition) is 8. The Bertz CT molecular complexity index is 2280. The van der Waals surface area contributed by atoms with E-state index < -0.39 is 49.1 Å². The van der Waals surface area contributed by atoms with Gasteiger partial charge in [0.1, 0.15) is 47.9 Å². The Balaban J connectivity index is 0.000000191. The number of nitrogens with one attached hydrogen (secondary N) is 4. The summed E-state index contributed by atoms with van der Waals surface area (Å²) in [6, 6.07) is 0. The maximum atomic E-state index is 10.8. The molecule has 0 radical (unpaired) electrons. The molecule has 8 rings (SSSR count). The zero-order chi connectivity index (χ0) is 45.7. The minimum absolute atomic E-state index is 0.193. The molecule has 0 bridgehead atoms. The molecule has 8 N–H and O–H groups in total. The maximum Gasteiger partial charge on any atom is 0.226 e. The zero-order valence-corrected chi connectivity index (χ0v) is 38.5. The molecule has 6 aromatic heterocycles. The van der Waals surface area contributed by atoms with E-state index in [2.05, 4.69) is 98.1 Å². The zero-order valence-electron chi connectivity index (χ0n) is 36.9. The van der Waals surface area contributed by atoms with Gasteiger partial charge >= 0.3 is 0 Å². The summed E-state index contributed by atoms with van der Waals surface area (Å²) in [5.41, 5.74) is 2.53. The topological polar surface area (TPSA) is 304 Å². The number of aryl methyl sites for hydroxylation is 2. The number of aliphatic hydroxyl groups excluding tert-OH is 4. The Labute approximate surface area is 377 Å². The van der Waals surface area contributed by atoms with Gasteiger partial charge in [-0.2, -0.15) is 4.98 Å². The molecule has 0 saturated carbocycles. The second kappa shape index (κ2) is 21.1. The van der Waals surface area contributed by atoms with Crippen LogP contribution in [0.3, 0.4) is 0 Å². The van der Waals surface area contributed by atoms with Crippen molar-refractivity contribution in [1.29, 1.82) is 0 Å². The molecule has 8 atom stereocenters. The summed E-state index contributed by atoms with van der Waals surface area (Å²) in [6.45, 7) is 14.0. The Kier molecular flexibility index (Phi) is 15.6. The number of ether oxygens (including phenoxy) is 2. The van der Waals surface area contributed by atoms with E-state index >= 15 is 0 Å². The van der Waals surface area contributed by atoms with Gasteiger partial charge in [-0.15, -0.1) is 5.10 Å². The highest BCUT2D eigenvalue weighted by Gasteiger charge is 2.48. The van der Waals surface area contributed by atoms with Gasteiger partial charge < -0.3 is 45.1 Å². The van der Waals surface area contributed by atoms with Crippen molar-refractivity contribution in [2.24, 2.45) is 11.8 Å². The van der Waals surface area contributed by atoms with E-state index in [1.165, 1.54) is 12.7 Å². The molecule has 64 heavy (non-hydrogen) atoms.